The van der Waals surface area contributed by atoms with Gasteiger partial charge in [-0.25, -0.2) is 27.6 Å². The predicted molar refractivity (Wildman–Crippen MR) is 93.3 cm³/mol. The average molecular weight is 370 g/mol. The second-order valence-electron chi connectivity index (χ2n) is 5.55. The summed E-state index contributed by atoms with van der Waals surface area (Å²) in [5, 5.41) is 4.88. The lowest BCUT2D eigenvalue weighted by molar-refractivity contribution is 0.561. The molecule has 0 saturated carbocycles. The van der Waals surface area contributed by atoms with Crippen molar-refractivity contribution in [2.24, 2.45) is 0 Å². The Hall–Kier alpha value is -3.00. The smallest absolute Gasteiger partial charge is 0.246 e. The lowest BCUT2D eigenvalue weighted by atomic mass is 10.2. The first-order chi connectivity index (χ1) is 12.6. The zero-order valence-corrected chi connectivity index (χ0v) is 14.2. The maximum Gasteiger partial charge on any atom is 0.351 e. The van der Waals surface area contributed by atoms with Crippen LogP contribution in [0.3, 0.4) is 0 Å². The highest BCUT2D eigenvalue weighted by Crippen LogP contribution is 2.25. The molecule has 0 amide bonds. The largest absolute Gasteiger partial charge is 0.351 e. The fourth-order valence-electron chi connectivity index (χ4n) is 2.50. The van der Waals surface area contributed by atoms with Gasteiger partial charge in [0.05, 0.1) is 6.54 Å². The van der Waals surface area contributed by atoms with E-state index in [1.165, 1.54) is 22.5 Å². The van der Waals surface area contributed by atoms with E-state index in [4.69, 9.17) is 0 Å². The van der Waals surface area contributed by atoms with Gasteiger partial charge in [-0.2, -0.15) is 0 Å². The van der Waals surface area contributed by atoms with Crippen molar-refractivity contribution in [2.45, 2.75) is 16.5 Å². The summed E-state index contributed by atoms with van der Waals surface area (Å²) in [7, 11) is 0. The molecular weight excluding hydrogens is 358 g/mol. The maximum absolute atomic E-state index is 13.8. The van der Waals surface area contributed by atoms with Crippen molar-refractivity contribution in [2.75, 3.05) is 0 Å². The monoisotopic (exact) mass is 370 g/mol. The molecule has 4 rings (SSSR count). The van der Waals surface area contributed by atoms with Gasteiger partial charge in [0, 0.05) is 16.5 Å². The second-order valence-corrected chi connectivity index (χ2v) is 6.64. The third kappa shape index (κ3) is 3.23. The summed E-state index contributed by atoms with van der Waals surface area (Å²) in [6, 6.07) is 14.5. The molecule has 2 aromatic heterocycles. The lowest BCUT2D eigenvalue weighted by Crippen LogP contribution is -2.22. The topological polar surface area (TPSA) is 52.2 Å². The Morgan fingerprint density at radius 2 is 1.85 bits per heavy atom. The van der Waals surface area contributed by atoms with E-state index in [0.29, 0.717) is 10.7 Å². The highest BCUT2D eigenvalue weighted by atomic mass is 32.2. The van der Waals surface area contributed by atoms with Crippen LogP contribution in [-0.2, 0) is 6.54 Å². The molecule has 0 aliphatic heterocycles. The zero-order chi connectivity index (χ0) is 18.1. The summed E-state index contributed by atoms with van der Waals surface area (Å²) in [4.78, 5) is 17.7. The van der Waals surface area contributed by atoms with Crippen LogP contribution >= 0.6 is 11.8 Å². The fourth-order valence-corrected chi connectivity index (χ4v) is 3.30. The molecule has 0 N–H and O–H groups in total. The minimum Gasteiger partial charge on any atom is -0.246 e. The van der Waals surface area contributed by atoms with E-state index in [9.17, 15) is 13.6 Å². The average Bonchev–Trinajstić information content (AvgIpc) is 2.94. The Kier molecular flexibility index (Phi) is 4.26. The summed E-state index contributed by atoms with van der Waals surface area (Å²) in [5.74, 6) is -1.16. The Bertz CT molecular complexity index is 1140. The van der Waals surface area contributed by atoms with Crippen molar-refractivity contribution in [3.05, 3.63) is 88.6 Å². The van der Waals surface area contributed by atoms with Crippen LogP contribution in [0.2, 0.25) is 0 Å². The van der Waals surface area contributed by atoms with E-state index >= 15 is 0 Å². The van der Waals surface area contributed by atoms with Crippen molar-refractivity contribution in [1.82, 2.24) is 19.2 Å². The van der Waals surface area contributed by atoms with Crippen LogP contribution in [-0.4, -0.2) is 19.2 Å². The molecule has 8 heteroatoms. The summed E-state index contributed by atoms with van der Waals surface area (Å²) in [6.45, 7) is -0.161. The number of fused-ring (bicyclic) bond motifs is 1. The number of nitrogens with zero attached hydrogens (tertiary/aromatic N) is 4. The lowest BCUT2D eigenvalue weighted by Gasteiger charge is -2.02. The third-order valence-electron chi connectivity index (χ3n) is 3.74. The molecule has 0 aliphatic rings. The number of halogens is 2. The van der Waals surface area contributed by atoms with E-state index in [1.807, 2.05) is 30.3 Å². The Labute approximate surface area is 150 Å². The van der Waals surface area contributed by atoms with E-state index in [0.717, 1.165) is 27.8 Å². The molecule has 0 fully saturated rings. The van der Waals surface area contributed by atoms with Gasteiger partial charge in [0.15, 0.2) is 5.65 Å². The van der Waals surface area contributed by atoms with Gasteiger partial charge >= 0.3 is 5.69 Å². The molecule has 0 aliphatic carbocycles. The minimum absolute atomic E-state index is 0.0577. The van der Waals surface area contributed by atoms with Crippen molar-refractivity contribution in [3.8, 4) is 0 Å². The number of rotatable bonds is 4. The molecular formula is C18H12F2N4OS. The molecule has 0 unspecified atom stereocenters. The molecule has 130 valence electrons. The summed E-state index contributed by atoms with van der Waals surface area (Å²) < 4.78 is 29.5. The van der Waals surface area contributed by atoms with Gasteiger partial charge in [0.25, 0.3) is 0 Å². The number of aromatic nitrogens is 4. The number of hydrogen-bond donors (Lipinski definition) is 0. The number of benzene rings is 2. The predicted octanol–water partition coefficient (Wildman–Crippen LogP) is 3.37. The highest BCUT2D eigenvalue weighted by Gasteiger charge is 2.12. The molecule has 0 bridgehead atoms. The van der Waals surface area contributed by atoms with Gasteiger partial charge in [-0.05, 0) is 30.3 Å². The first kappa shape index (κ1) is 16.5. The zero-order valence-electron chi connectivity index (χ0n) is 13.3. The second kappa shape index (κ2) is 6.72. The van der Waals surface area contributed by atoms with Crippen LogP contribution in [0.4, 0.5) is 8.78 Å². The van der Waals surface area contributed by atoms with Gasteiger partial charge in [-0.1, -0.05) is 30.0 Å². The minimum atomic E-state index is -0.589. The van der Waals surface area contributed by atoms with E-state index in [-0.39, 0.29) is 12.1 Å². The van der Waals surface area contributed by atoms with E-state index in [2.05, 4.69) is 10.1 Å². The molecule has 0 radical (unpaired) electrons. The first-order valence-corrected chi connectivity index (χ1v) is 8.54. The number of hydrogen-bond acceptors (Lipinski definition) is 4. The maximum atomic E-state index is 13.8. The standard InChI is InChI=1S/C18H12F2N4OS/c19-13-6-7-15(20)12(8-13)10-24-18(25)23-11-21-17(9-16(23)22-24)26-14-4-2-1-3-5-14/h1-9,11H,10H2. The normalized spacial score (nSPS) is 11.2. The Morgan fingerprint density at radius 1 is 1.04 bits per heavy atom. The molecule has 0 spiro atoms. The van der Waals surface area contributed by atoms with Crippen LogP contribution < -0.4 is 5.69 Å². The van der Waals surface area contributed by atoms with Crippen LogP contribution in [0.5, 0.6) is 0 Å². The molecule has 4 aromatic rings. The van der Waals surface area contributed by atoms with Crippen LogP contribution in [0, 0.1) is 11.6 Å². The van der Waals surface area contributed by atoms with Crippen molar-refractivity contribution in [1.29, 1.82) is 0 Å². The first-order valence-electron chi connectivity index (χ1n) is 7.72. The summed E-state index contributed by atoms with van der Waals surface area (Å²) >= 11 is 1.44. The van der Waals surface area contributed by atoms with Crippen molar-refractivity contribution >= 4 is 17.4 Å². The van der Waals surface area contributed by atoms with Gasteiger partial charge < -0.3 is 0 Å². The van der Waals surface area contributed by atoms with E-state index < -0.39 is 17.3 Å². The SMILES string of the molecule is O=c1n(Cc2cc(F)ccc2F)nc2cc(Sc3ccccc3)ncn12. The fraction of sp³-hybridized carbons (Fsp3) is 0.0556. The van der Waals surface area contributed by atoms with Crippen molar-refractivity contribution < 1.29 is 8.78 Å². The van der Waals surface area contributed by atoms with Gasteiger partial charge in [0.2, 0.25) is 0 Å². The molecule has 2 heterocycles. The van der Waals surface area contributed by atoms with Gasteiger partial charge in [-0.3, -0.25) is 0 Å². The quantitative estimate of drug-likeness (QED) is 0.517. The summed E-state index contributed by atoms with van der Waals surface area (Å²) in [5.41, 5.74) is -0.0185. The van der Waals surface area contributed by atoms with Crippen LogP contribution in [0.15, 0.2) is 75.6 Å². The highest BCUT2D eigenvalue weighted by molar-refractivity contribution is 7.99. The van der Waals surface area contributed by atoms with Crippen LogP contribution in [0.1, 0.15) is 5.56 Å². The molecule has 0 saturated heterocycles. The molecule has 0 atom stereocenters. The van der Waals surface area contributed by atoms with E-state index in [1.54, 1.807) is 6.07 Å². The molecule has 26 heavy (non-hydrogen) atoms. The Balaban J connectivity index is 1.68. The molecule has 2 aromatic carbocycles. The Morgan fingerprint density at radius 3 is 2.65 bits per heavy atom. The third-order valence-corrected chi connectivity index (χ3v) is 4.68. The van der Waals surface area contributed by atoms with Gasteiger partial charge in [0.1, 0.15) is 23.0 Å². The molecule has 5 nitrogen and oxygen atoms in total. The summed E-state index contributed by atoms with van der Waals surface area (Å²) in [6.07, 6.45) is 1.38. The van der Waals surface area contributed by atoms with Crippen LogP contribution in [0.25, 0.3) is 5.65 Å². The van der Waals surface area contributed by atoms with Crippen molar-refractivity contribution in [3.63, 3.8) is 0 Å². The van der Waals surface area contributed by atoms with Gasteiger partial charge in [-0.15, -0.1) is 5.10 Å².